The molecule has 0 aromatic heterocycles. The van der Waals surface area contributed by atoms with Crippen molar-refractivity contribution in [3.05, 3.63) is 53.0 Å². The van der Waals surface area contributed by atoms with E-state index in [0.717, 1.165) is 10.7 Å². The average Bonchev–Trinajstić information content (AvgIpc) is 2.40. The van der Waals surface area contributed by atoms with E-state index in [2.05, 4.69) is 20.7 Å². The van der Waals surface area contributed by atoms with Gasteiger partial charge >= 0.3 is 0 Å². The molecular weight excluding hydrogens is 378 g/mol. The second-order valence-corrected chi connectivity index (χ2v) is 8.97. The zero-order valence-corrected chi connectivity index (χ0v) is 14.2. The van der Waals surface area contributed by atoms with Crippen molar-refractivity contribution in [1.29, 1.82) is 0 Å². The molecule has 0 atom stereocenters. The number of sulfone groups is 1. The molecule has 0 radical (unpaired) electrons. The minimum Gasteiger partial charge on any atom is -0.280 e. The molecule has 0 spiro atoms. The fourth-order valence-corrected chi connectivity index (χ4v) is 3.55. The average molecular weight is 390 g/mol. The Morgan fingerprint density at radius 1 is 0.810 bits per heavy atom. The van der Waals surface area contributed by atoms with Gasteiger partial charge in [0.2, 0.25) is 0 Å². The number of benzene rings is 2. The van der Waals surface area contributed by atoms with Crippen molar-refractivity contribution in [2.24, 2.45) is 0 Å². The van der Waals surface area contributed by atoms with E-state index in [9.17, 15) is 16.8 Å². The van der Waals surface area contributed by atoms with E-state index < -0.39 is 19.9 Å². The maximum atomic E-state index is 12.2. The fourth-order valence-electron chi connectivity index (χ4n) is 1.60. The third-order valence-electron chi connectivity index (χ3n) is 2.66. The van der Waals surface area contributed by atoms with E-state index in [4.69, 9.17) is 0 Å². The van der Waals surface area contributed by atoms with E-state index in [1.807, 2.05) is 0 Å². The largest absolute Gasteiger partial charge is 0.280 e. The Morgan fingerprint density at radius 2 is 1.29 bits per heavy atom. The van der Waals surface area contributed by atoms with E-state index in [1.165, 1.54) is 24.3 Å². The van der Waals surface area contributed by atoms with Crippen LogP contribution in [0.25, 0.3) is 0 Å². The third kappa shape index (κ3) is 4.05. The summed E-state index contributed by atoms with van der Waals surface area (Å²) in [6.45, 7) is 0. The molecule has 0 aliphatic rings. The maximum Gasteiger partial charge on any atom is 0.261 e. The highest BCUT2D eigenvalue weighted by molar-refractivity contribution is 9.10. The molecular formula is C13H12BrNO4S2. The van der Waals surface area contributed by atoms with Crippen LogP contribution in [-0.4, -0.2) is 23.1 Å². The number of hydrogen-bond donors (Lipinski definition) is 1. The molecule has 0 heterocycles. The standard InChI is InChI=1S/C13H12BrNO4S2/c1-20(16,17)12-6-8-13(9-7-12)21(18,19)15-11-4-2-10(14)3-5-11/h2-9,15H,1H3. The van der Waals surface area contributed by atoms with E-state index >= 15 is 0 Å². The summed E-state index contributed by atoms with van der Waals surface area (Å²) < 4.78 is 50.3. The molecule has 0 amide bonds. The predicted octanol–water partition coefficient (Wildman–Crippen LogP) is 2.65. The Balaban J connectivity index is 2.29. The van der Waals surface area contributed by atoms with Gasteiger partial charge in [-0.2, -0.15) is 0 Å². The van der Waals surface area contributed by atoms with Crippen LogP contribution in [0, 0.1) is 0 Å². The van der Waals surface area contributed by atoms with Crippen LogP contribution < -0.4 is 4.72 Å². The smallest absolute Gasteiger partial charge is 0.261 e. The zero-order chi connectivity index (χ0) is 15.7. The van der Waals surface area contributed by atoms with Crippen molar-refractivity contribution in [3.8, 4) is 0 Å². The van der Waals surface area contributed by atoms with Gasteiger partial charge in [0.05, 0.1) is 9.79 Å². The van der Waals surface area contributed by atoms with Crippen molar-refractivity contribution in [3.63, 3.8) is 0 Å². The van der Waals surface area contributed by atoms with Gasteiger partial charge in [0.25, 0.3) is 10.0 Å². The summed E-state index contributed by atoms with van der Waals surface area (Å²) in [6.07, 6.45) is 1.07. The van der Waals surface area contributed by atoms with E-state index in [-0.39, 0.29) is 9.79 Å². The van der Waals surface area contributed by atoms with Crippen molar-refractivity contribution >= 4 is 41.5 Å². The number of rotatable bonds is 4. The van der Waals surface area contributed by atoms with Gasteiger partial charge in [-0.3, -0.25) is 4.72 Å². The van der Waals surface area contributed by atoms with Crippen molar-refractivity contribution in [2.45, 2.75) is 9.79 Å². The summed E-state index contributed by atoms with van der Waals surface area (Å²) in [7, 11) is -7.10. The second-order valence-electron chi connectivity index (χ2n) is 4.36. The Hall–Kier alpha value is -1.38. The molecule has 0 aliphatic heterocycles. The van der Waals surface area contributed by atoms with Crippen LogP contribution in [0.15, 0.2) is 62.8 Å². The van der Waals surface area contributed by atoms with Gasteiger partial charge in [0.15, 0.2) is 9.84 Å². The summed E-state index contributed by atoms with van der Waals surface area (Å²) in [5.41, 5.74) is 0.422. The molecule has 5 nitrogen and oxygen atoms in total. The molecule has 0 fully saturated rings. The van der Waals surface area contributed by atoms with Crippen LogP contribution >= 0.6 is 15.9 Å². The van der Waals surface area contributed by atoms with Gasteiger partial charge in [-0.1, -0.05) is 15.9 Å². The van der Waals surface area contributed by atoms with Crippen LogP contribution in [0.5, 0.6) is 0 Å². The first-order valence-corrected chi connectivity index (χ1v) is 9.94. The minimum absolute atomic E-state index is 0.00202. The molecule has 2 rings (SSSR count). The van der Waals surface area contributed by atoms with E-state index in [1.54, 1.807) is 24.3 Å². The number of halogens is 1. The lowest BCUT2D eigenvalue weighted by Crippen LogP contribution is -2.13. The van der Waals surface area contributed by atoms with Crippen molar-refractivity contribution in [2.75, 3.05) is 11.0 Å². The quantitative estimate of drug-likeness (QED) is 0.871. The van der Waals surface area contributed by atoms with Gasteiger partial charge in [-0.05, 0) is 48.5 Å². The van der Waals surface area contributed by atoms with Crippen LogP contribution in [-0.2, 0) is 19.9 Å². The van der Waals surface area contributed by atoms with Crippen molar-refractivity contribution < 1.29 is 16.8 Å². The normalized spacial score (nSPS) is 12.1. The SMILES string of the molecule is CS(=O)(=O)c1ccc(S(=O)(=O)Nc2ccc(Br)cc2)cc1. The van der Waals surface area contributed by atoms with E-state index in [0.29, 0.717) is 5.69 Å². The number of anilines is 1. The minimum atomic E-state index is -3.75. The van der Waals surface area contributed by atoms with Crippen molar-refractivity contribution in [1.82, 2.24) is 0 Å². The molecule has 8 heteroatoms. The zero-order valence-electron chi connectivity index (χ0n) is 10.9. The summed E-state index contributed by atoms with van der Waals surface area (Å²) in [5.74, 6) is 0. The third-order valence-corrected chi connectivity index (χ3v) is 5.71. The first kappa shape index (κ1) is 16.0. The Kier molecular flexibility index (Phi) is 4.40. The highest BCUT2D eigenvalue weighted by Gasteiger charge is 2.15. The molecule has 2 aromatic rings. The Morgan fingerprint density at radius 3 is 1.76 bits per heavy atom. The number of sulfonamides is 1. The lowest BCUT2D eigenvalue weighted by Gasteiger charge is -2.08. The first-order chi connectivity index (χ1) is 9.68. The summed E-state index contributed by atoms with van der Waals surface area (Å²) >= 11 is 3.26. The lowest BCUT2D eigenvalue weighted by molar-refractivity contribution is 0.597. The number of nitrogens with one attached hydrogen (secondary N) is 1. The van der Waals surface area contributed by atoms with Gasteiger partial charge in [0, 0.05) is 16.4 Å². The van der Waals surface area contributed by atoms with Crippen LogP contribution in [0.4, 0.5) is 5.69 Å². The lowest BCUT2D eigenvalue weighted by atomic mass is 10.3. The summed E-state index contributed by atoms with van der Waals surface area (Å²) in [5, 5.41) is 0. The first-order valence-electron chi connectivity index (χ1n) is 5.77. The molecule has 0 saturated carbocycles. The second kappa shape index (κ2) is 5.78. The Labute approximate surface area is 132 Å². The molecule has 0 aliphatic carbocycles. The Bertz CT molecular complexity index is 842. The van der Waals surface area contributed by atoms with Gasteiger partial charge in [-0.25, -0.2) is 16.8 Å². The molecule has 0 bridgehead atoms. The topological polar surface area (TPSA) is 80.3 Å². The van der Waals surface area contributed by atoms with Gasteiger partial charge in [-0.15, -0.1) is 0 Å². The summed E-state index contributed by atoms with van der Waals surface area (Å²) in [6, 6.07) is 11.7. The highest BCUT2D eigenvalue weighted by atomic mass is 79.9. The molecule has 1 N–H and O–H groups in total. The maximum absolute atomic E-state index is 12.2. The highest BCUT2D eigenvalue weighted by Crippen LogP contribution is 2.20. The van der Waals surface area contributed by atoms with Crippen LogP contribution in [0.2, 0.25) is 0 Å². The fraction of sp³-hybridized carbons (Fsp3) is 0.0769. The van der Waals surface area contributed by atoms with Gasteiger partial charge < -0.3 is 0 Å². The summed E-state index contributed by atoms with van der Waals surface area (Å²) in [4.78, 5) is 0.0721. The molecule has 112 valence electrons. The monoisotopic (exact) mass is 389 g/mol. The molecule has 2 aromatic carbocycles. The predicted molar refractivity (Wildman–Crippen MR) is 84.5 cm³/mol. The molecule has 21 heavy (non-hydrogen) atoms. The molecule has 0 unspecified atom stereocenters. The van der Waals surface area contributed by atoms with Crippen LogP contribution in [0.3, 0.4) is 0 Å². The number of hydrogen-bond acceptors (Lipinski definition) is 4. The van der Waals surface area contributed by atoms with Gasteiger partial charge in [0.1, 0.15) is 0 Å². The van der Waals surface area contributed by atoms with Crippen LogP contribution in [0.1, 0.15) is 0 Å². The molecule has 0 saturated heterocycles.